The SMILES string of the molecule is CCOC(=O)NCCc1c(C=O)n(S(=O)(=O)c2ccccc2)c2ccccc12. The Bertz CT molecular complexity index is 1100. The fraction of sp³-hybridized carbons (Fsp3) is 0.200. The number of aromatic nitrogens is 1. The van der Waals surface area contributed by atoms with Gasteiger partial charge in [0.05, 0.1) is 17.0 Å². The molecule has 0 fully saturated rings. The van der Waals surface area contributed by atoms with Crippen LogP contribution in [-0.2, 0) is 21.2 Å². The Balaban J connectivity index is 2.09. The van der Waals surface area contributed by atoms with Gasteiger partial charge >= 0.3 is 6.09 Å². The Morgan fingerprint density at radius 1 is 1.11 bits per heavy atom. The molecular formula is C20H20N2O5S. The number of rotatable bonds is 7. The van der Waals surface area contributed by atoms with E-state index in [2.05, 4.69) is 5.32 Å². The van der Waals surface area contributed by atoms with Crippen LogP contribution in [0.25, 0.3) is 10.9 Å². The molecule has 2 aromatic carbocycles. The molecule has 0 aliphatic carbocycles. The predicted molar refractivity (Wildman–Crippen MR) is 105 cm³/mol. The largest absolute Gasteiger partial charge is 0.450 e. The molecular weight excluding hydrogens is 380 g/mol. The molecule has 1 aromatic heterocycles. The molecule has 1 heterocycles. The van der Waals surface area contributed by atoms with Crippen molar-refractivity contribution < 1.29 is 22.7 Å². The van der Waals surface area contributed by atoms with Crippen molar-refractivity contribution in [3.63, 3.8) is 0 Å². The number of alkyl carbamates (subject to hydrolysis) is 1. The van der Waals surface area contributed by atoms with E-state index in [1.54, 1.807) is 49.4 Å². The summed E-state index contributed by atoms with van der Waals surface area (Å²) >= 11 is 0. The molecule has 7 nitrogen and oxygen atoms in total. The maximum Gasteiger partial charge on any atom is 0.407 e. The molecule has 0 bridgehead atoms. The van der Waals surface area contributed by atoms with E-state index in [-0.39, 0.29) is 30.2 Å². The van der Waals surface area contributed by atoms with Gasteiger partial charge in [-0.15, -0.1) is 0 Å². The van der Waals surface area contributed by atoms with Crippen LogP contribution in [0.2, 0.25) is 0 Å². The van der Waals surface area contributed by atoms with Crippen molar-refractivity contribution in [2.75, 3.05) is 13.2 Å². The third-order valence-corrected chi connectivity index (χ3v) is 6.03. The first-order valence-electron chi connectivity index (χ1n) is 8.79. The maximum absolute atomic E-state index is 13.2. The lowest BCUT2D eigenvalue weighted by atomic mass is 10.1. The first-order chi connectivity index (χ1) is 13.5. The zero-order valence-electron chi connectivity index (χ0n) is 15.3. The summed E-state index contributed by atoms with van der Waals surface area (Å²) in [5.41, 5.74) is 1.03. The molecule has 1 amide bonds. The van der Waals surface area contributed by atoms with E-state index in [1.165, 1.54) is 12.1 Å². The number of amides is 1. The number of nitrogens with zero attached hydrogens (tertiary/aromatic N) is 1. The van der Waals surface area contributed by atoms with E-state index >= 15 is 0 Å². The molecule has 28 heavy (non-hydrogen) atoms. The standard InChI is InChI=1S/C20H20N2O5S/c1-2-27-20(24)21-13-12-17-16-10-6-7-11-18(16)22(19(17)14-23)28(25,26)15-8-4-3-5-9-15/h3-11,14H,2,12-13H2,1H3,(H,21,24). The molecule has 8 heteroatoms. The summed E-state index contributed by atoms with van der Waals surface area (Å²) in [5.74, 6) is 0. The van der Waals surface area contributed by atoms with Crippen LogP contribution in [0.15, 0.2) is 59.5 Å². The maximum atomic E-state index is 13.2. The fourth-order valence-corrected chi connectivity index (χ4v) is 4.65. The number of aldehydes is 1. The molecule has 0 radical (unpaired) electrons. The minimum Gasteiger partial charge on any atom is -0.450 e. The van der Waals surface area contributed by atoms with Crippen molar-refractivity contribution in [2.45, 2.75) is 18.2 Å². The molecule has 146 valence electrons. The van der Waals surface area contributed by atoms with Gasteiger partial charge in [-0.3, -0.25) is 4.79 Å². The Kier molecular flexibility index (Phi) is 5.79. The summed E-state index contributed by atoms with van der Waals surface area (Å²) in [6.07, 6.45) is 0.265. The van der Waals surface area contributed by atoms with Gasteiger partial charge in [0.2, 0.25) is 0 Å². The quantitative estimate of drug-likeness (QED) is 0.615. The van der Waals surface area contributed by atoms with E-state index in [0.29, 0.717) is 22.8 Å². The minimum absolute atomic E-state index is 0.0516. The fourth-order valence-electron chi connectivity index (χ4n) is 3.11. The van der Waals surface area contributed by atoms with Gasteiger partial charge in [0, 0.05) is 11.9 Å². The highest BCUT2D eigenvalue weighted by atomic mass is 32.2. The Labute approximate surface area is 163 Å². The summed E-state index contributed by atoms with van der Waals surface area (Å²) in [6.45, 7) is 2.16. The van der Waals surface area contributed by atoms with Gasteiger partial charge in [-0.05, 0) is 37.1 Å². The van der Waals surface area contributed by atoms with E-state index in [1.807, 2.05) is 0 Å². The molecule has 0 aliphatic rings. The van der Waals surface area contributed by atoms with Crippen LogP contribution in [0.3, 0.4) is 0 Å². The molecule has 0 saturated heterocycles. The second-order valence-corrected chi connectivity index (χ2v) is 7.77. The average molecular weight is 400 g/mol. The highest BCUT2D eigenvalue weighted by Crippen LogP contribution is 2.29. The van der Waals surface area contributed by atoms with Gasteiger partial charge in [0.15, 0.2) is 6.29 Å². The van der Waals surface area contributed by atoms with Crippen molar-refractivity contribution in [1.29, 1.82) is 0 Å². The first kappa shape index (κ1) is 19.6. The Hall–Kier alpha value is -3.13. The molecule has 0 unspecified atom stereocenters. The van der Waals surface area contributed by atoms with Gasteiger partial charge in [0.25, 0.3) is 10.0 Å². The van der Waals surface area contributed by atoms with Crippen LogP contribution in [0, 0.1) is 0 Å². The second-order valence-electron chi connectivity index (χ2n) is 5.98. The molecule has 3 aromatic rings. The van der Waals surface area contributed by atoms with E-state index in [9.17, 15) is 18.0 Å². The van der Waals surface area contributed by atoms with Gasteiger partial charge in [-0.25, -0.2) is 17.2 Å². The summed E-state index contributed by atoms with van der Waals surface area (Å²) in [7, 11) is -3.96. The van der Waals surface area contributed by atoms with Crippen molar-refractivity contribution >= 4 is 33.3 Å². The van der Waals surface area contributed by atoms with Crippen LogP contribution in [0.5, 0.6) is 0 Å². The van der Waals surface area contributed by atoms with Crippen molar-refractivity contribution in [2.24, 2.45) is 0 Å². The number of ether oxygens (including phenoxy) is 1. The molecule has 0 saturated carbocycles. The molecule has 0 spiro atoms. The molecule has 0 atom stereocenters. The van der Waals surface area contributed by atoms with Crippen LogP contribution < -0.4 is 5.32 Å². The number of hydrogen-bond acceptors (Lipinski definition) is 5. The molecule has 1 N–H and O–H groups in total. The van der Waals surface area contributed by atoms with Crippen LogP contribution in [0.4, 0.5) is 4.79 Å². The zero-order valence-corrected chi connectivity index (χ0v) is 16.1. The second kappa shape index (κ2) is 8.26. The molecule has 0 aliphatic heterocycles. The Morgan fingerprint density at radius 3 is 2.46 bits per heavy atom. The lowest BCUT2D eigenvalue weighted by molar-refractivity contribution is 0.111. The third kappa shape index (κ3) is 3.63. The van der Waals surface area contributed by atoms with Gasteiger partial charge in [0.1, 0.15) is 5.69 Å². The highest BCUT2D eigenvalue weighted by molar-refractivity contribution is 7.90. The van der Waals surface area contributed by atoms with Crippen molar-refractivity contribution in [3.05, 3.63) is 65.9 Å². The topological polar surface area (TPSA) is 94.5 Å². The van der Waals surface area contributed by atoms with Gasteiger partial charge in [-0.1, -0.05) is 36.4 Å². The van der Waals surface area contributed by atoms with Crippen molar-refractivity contribution in [3.8, 4) is 0 Å². The summed E-state index contributed by atoms with van der Waals surface area (Å²) in [4.78, 5) is 23.5. The predicted octanol–water partition coefficient (Wildman–Crippen LogP) is 2.98. The number of hydrogen-bond donors (Lipinski definition) is 1. The zero-order chi connectivity index (χ0) is 20.1. The summed E-state index contributed by atoms with van der Waals surface area (Å²) < 4.78 is 32.3. The lowest BCUT2D eigenvalue weighted by Crippen LogP contribution is -2.26. The monoisotopic (exact) mass is 400 g/mol. The number of benzene rings is 2. The normalized spacial score (nSPS) is 11.3. The first-order valence-corrected chi connectivity index (χ1v) is 10.2. The highest BCUT2D eigenvalue weighted by Gasteiger charge is 2.26. The van der Waals surface area contributed by atoms with Crippen LogP contribution >= 0.6 is 0 Å². The number of fused-ring (bicyclic) bond motifs is 1. The van der Waals surface area contributed by atoms with Gasteiger partial charge in [-0.2, -0.15) is 0 Å². The molecule has 3 rings (SSSR count). The smallest absolute Gasteiger partial charge is 0.407 e. The number of carbonyl (C=O) groups is 2. The number of nitrogens with one attached hydrogen (secondary N) is 1. The Morgan fingerprint density at radius 2 is 1.79 bits per heavy atom. The summed E-state index contributed by atoms with van der Waals surface area (Å²) in [5, 5.41) is 3.24. The van der Waals surface area contributed by atoms with E-state index in [0.717, 1.165) is 3.97 Å². The minimum atomic E-state index is -3.96. The van der Waals surface area contributed by atoms with E-state index < -0.39 is 16.1 Å². The van der Waals surface area contributed by atoms with Crippen LogP contribution in [0.1, 0.15) is 23.0 Å². The number of para-hydroxylation sites is 1. The number of carbonyl (C=O) groups excluding carboxylic acids is 2. The third-order valence-electron chi connectivity index (χ3n) is 4.29. The van der Waals surface area contributed by atoms with E-state index in [4.69, 9.17) is 4.74 Å². The van der Waals surface area contributed by atoms with Crippen LogP contribution in [-0.4, -0.2) is 37.9 Å². The average Bonchev–Trinajstić information content (AvgIpc) is 3.03. The van der Waals surface area contributed by atoms with Crippen molar-refractivity contribution in [1.82, 2.24) is 9.29 Å². The summed E-state index contributed by atoms with van der Waals surface area (Å²) in [6, 6.07) is 14.9. The lowest BCUT2D eigenvalue weighted by Gasteiger charge is -2.10. The van der Waals surface area contributed by atoms with Gasteiger partial charge < -0.3 is 10.1 Å².